The van der Waals surface area contributed by atoms with Gasteiger partial charge in [-0.2, -0.15) is 10.1 Å². The third-order valence-electron chi connectivity index (χ3n) is 16.5. The standard InChI is InChI=1S/C52H68N12O8/c1-3-72-51(71)42-28-53-52(56-38-27-54-59(2)31-38)58-45(42)55-37-9-11-39(12-10-37)61-22-24-63(25-23-61)48(68)34-6-4-33(5-7-34)47(67)62-20-16-32(17-21-62)29-60-19-18-36(30-60)35-8-13-40-41(26-35)50(70)64(49(40)69)43-14-15-44(65)57-46(43)66/h8,13,26-28,31-34,36-37,39,43H,3-7,9-12,14-25,29-30H2,1-2H3,(H,57,65,66)(H2,53,55,56,58). The number of carbonyl (C=O) groups excluding carboxylic acids is 7. The van der Waals surface area contributed by atoms with E-state index in [1.807, 2.05) is 25.4 Å². The smallest absolute Gasteiger partial charge is 0.343 e. The number of rotatable bonds is 13. The zero-order valence-electron chi connectivity index (χ0n) is 41.6. The van der Waals surface area contributed by atoms with E-state index in [4.69, 9.17) is 4.74 Å². The van der Waals surface area contributed by atoms with E-state index < -0.39 is 35.6 Å². The van der Waals surface area contributed by atoms with Gasteiger partial charge < -0.3 is 30.1 Å². The number of imide groups is 2. The number of nitrogens with zero attached hydrogens (tertiary/aromatic N) is 9. The Labute approximate surface area is 419 Å². The lowest BCUT2D eigenvalue weighted by molar-refractivity contribution is -0.143. The zero-order valence-corrected chi connectivity index (χ0v) is 41.6. The van der Waals surface area contributed by atoms with Gasteiger partial charge in [-0.05, 0) is 120 Å². The fraction of sp³-hybridized carbons (Fsp3) is 0.615. The molecule has 0 bridgehead atoms. The first kappa shape index (κ1) is 49.3. The lowest BCUT2D eigenvalue weighted by Crippen LogP contribution is -2.54. The number of piperidine rings is 2. The third kappa shape index (κ3) is 10.6. The van der Waals surface area contributed by atoms with Gasteiger partial charge >= 0.3 is 5.97 Å². The predicted octanol–water partition coefficient (Wildman–Crippen LogP) is 3.93. The lowest BCUT2D eigenvalue weighted by atomic mass is 9.80. The third-order valence-corrected chi connectivity index (χ3v) is 16.5. The minimum absolute atomic E-state index is 0.0198. The summed E-state index contributed by atoms with van der Waals surface area (Å²) < 4.78 is 6.99. The molecule has 0 radical (unpaired) electrons. The number of amides is 6. The maximum atomic E-state index is 13.8. The molecule has 20 nitrogen and oxygen atoms in total. The summed E-state index contributed by atoms with van der Waals surface area (Å²) in [5.74, 6) is -0.438. The van der Waals surface area contributed by atoms with E-state index in [2.05, 4.69) is 50.6 Å². The molecule has 2 aromatic heterocycles. The van der Waals surface area contributed by atoms with Gasteiger partial charge in [-0.25, -0.2) is 9.78 Å². The first-order valence-electron chi connectivity index (χ1n) is 26.3. The maximum Gasteiger partial charge on any atom is 0.343 e. The van der Waals surface area contributed by atoms with Gasteiger partial charge in [0.05, 0.1) is 29.6 Å². The van der Waals surface area contributed by atoms with E-state index in [1.54, 1.807) is 23.9 Å². The summed E-state index contributed by atoms with van der Waals surface area (Å²) in [6, 6.07) is 5.07. The molecule has 7 aliphatic rings. The first-order chi connectivity index (χ1) is 34.9. The number of carbonyl (C=O) groups is 7. The van der Waals surface area contributed by atoms with Crippen LogP contribution in [0.3, 0.4) is 0 Å². The van der Waals surface area contributed by atoms with Crippen molar-refractivity contribution in [2.75, 3.05) is 76.1 Å². The van der Waals surface area contributed by atoms with Crippen LogP contribution in [-0.2, 0) is 31.0 Å². The topological polar surface area (TPSA) is 225 Å². The molecular formula is C52H68N12O8. The van der Waals surface area contributed by atoms with Crippen LogP contribution in [0.15, 0.2) is 36.8 Å². The van der Waals surface area contributed by atoms with Crippen LogP contribution in [0.5, 0.6) is 0 Å². The molecule has 6 amide bonds. The van der Waals surface area contributed by atoms with Gasteiger partial charge in [-0.3, -0.25) is 48.6 Å². The van der Waals surface area contributed by atoms with Gasteiger partial charge in [-0.1, -0.05) is 6.07 Å². The summed E-state index contributed by atoms with van der Waals surface area (Å²) in [5, 5.41) is 13.1. The molecule has 2 aliphatic carbocycles. The van der Waals surface area contributed by atoms with E-state index in [0.29, 0.717) is 40.4 Å². The van der Waals surface area contributed by atoms with Crippen LogP contribution >= 0.6 is 0 Å². The van der Waals surface area contributed by atoms with E-state index in [-0.39, 0.29) is 55.1 Å². The zero-order chi connectivity index (χ0) is 50.0. The van der Waals surface area contributed by atoms with E-state index in [0.717, 1.165) is 146 Å². The molecule has 6 fully saturated rings. The fourth-order valence-electron chi connectivity index (χ4n) is 12.4. The number of esters is 1. The molecule has 0 spiro atoms. The highest BCUT2D eigenvalue weighted by Gasteiger charge is 2.45. The highest BCUT2D eigenvalue weighted by Crippen LogP contribution is 2.36. The van der Waals surface area contributed by atoms with Crippen LogP contribution in [0.2, 0.25) is 0 Å². The summed E-state index contributed by atoms with van der Waals surface area (Å²) >= 11 is 0. The van der Waals surface area contributed by atoms with Crippen LogP contribution in [0.1, 0.15) is 133 Å². The van der Waals surface area contributed by atoms with Gasteiger partial charge in [-0.15, -0.1) is 0 Å². The number of hydrogen-bond donors (Lipinski definition) is 3. The minimum Gasteiger partial charge on any atom is -0.462 e. The molecule has 2 unspecified atom stereocenters. The normalized spacial score (nSPS) is 26.7. The first-order valence-corrected chi connectivity index (χ1v) is 26.3. The van der Waals surface area contributed by atoms with Crippen LogP contribution < -0.4 is 16.0 Å². The molecule has 2 atom stereocenters. The number of anilines is 3. The molecule has 20 heteroatoms. The highest BCUT2D eigenvalue weighted by molar-refractivity contribution is 6.23. The van der Waals surface area contributed by atoms with E-state index >= 15 is 0 Å². The average Bonchev–Trinajstić information content (AvgIpc) is 4.10. The van der Waals surface area contributed by atoms with E-state index in [9.17, 15) is 33.6 Å². The number of benzene rings is 1. The summed E-state index contributed by atoms with van der Waals surface area (Å²) in [6.45, 7) is 9.47. The van der Waals surface area contributed by atoms with Crippen LogP contribution in [0.4, 0.5) is 17.5 Å². The Bertz CT molecular complexity index is 2550. The van der Waals surface area contributed by atoms with Crippen molar-refractivity contribution < 1.29 is 38.3 Å². The molecule has 2 saturated carbocycles. The molecule has 3 aromatic rings. The monoisotopic (exact) mass is 989 g/mol. The quantitative estimate of drug-likeness (QED) is 0.163. The van der Waals surface area contributed by atoms with Crippen molar-refractivity contribution in [1.29, 1.82) is 0 Å². The second kappa shape index (κ2) is 21.4. The van der Waals surface area contributed by atoms with E-state index in [1.165, 1.54) is 6.20 Å². The summed E-state index contributed by atoms with van der Waals surface area (Å²) in [4.78, 5) is 110. The number of likely N-dealkylation sites (tertiary alicyclic amines) is 2. The highest BCUT2D eigenvalue weighted by atomic mass is 16.5. The van der Waals surface area contributed by atoms with Crippen LogP contribution in [0.25, 0.3) is 0 Å². The van der Waals surface area contributed by atoms with Crippen molar-refractivity contribution in [2.24, 2.45) is 24.8 Å². The molecule has 1 aromatic carbocycles. The largest absolute Gasteiger partial charge is 0.462 e. The number of piperazine rings is 1. The molecule has 10 rings (SSSR count). The molecular weight excluding hydrogens is 921 g/mol. The van der Waals surface area contributed by atoms with Crippen molar-refractivity contribution in [2.45, 2.75) is 114 Å². The molecule has 384 valence electrons. The number of nitrogens with one attached hydrogen (secondary N) is 3. The number of fused-ring (bicyclic) bond motifs is 1. The van der Waals surface area contributed by atoms with Gasteiger partial charge in [0.2, 0.25) is 29.6 Å². The number of aryl methyl sites for hydroxylation is 1. The molecule has 5 aliphatic heterocycles. The number of hydrogen-bond acceptors (Lipinski definition) is 15. The Morgan fingerprint density at radius 2 is 1.47 bits per heavy atom. The Kier molecular flexibility index (Phi) is 14.7. The number of ether oxygens (including phenoxy) is 1. The van der Waals surface area contributed by atoms with Crippen molar-refractivity contribution in [3.63, 3.8) is 0 Å². The average molecular weight is 989 g/mol. The van der Waals surface area contributed by atoms with Gasteiger partial charge in [0.1, 0.15) is 17.4 Å². The fourth-order valence-corrected chi connectivity index (χ4v) is 12.4. The van der Waals surface area contributed by atoms with Crippen molar-refractivity contribution in [1.82, 2.24) is 49.6 Å². The maximum absolute atomic E-state index is 13.8. The molecule has 3 N–H and O–H groups in total. The molecule has 72 heavy (non-hydrogen) atoms. The Balaban J connectivity index is 0.622. The van der Waals surface area contributed by atoms with Crippen molar-refractivity contribution >= 4 is 58.9 Å². The second-order valence-corrected chi connectivity index (χ2v) is 21.0. The molecule has 7 heterocycles. The van der Waals surface area contributed by atoms with Gasteiger partial charge in [0.15, 0.2) is 0 Å². The van der Waals surface area contributed by atoms with Crippen LogP contribution in [0, 0.1) is 17.8 Å². The lowest BCUT2D eigenvalue weighted by Gasteiger charge is -2.43. The summed E-state index contributed by atoms with van der Waals surface area (Å²) in [7, 11) is 1.83. The predicted molar refractivity (Wildman–Crippen MR) is 264 cm³/mol. The molecule has 4 saturated heterocycles. The van der Waals surface area contributed by atoms with Crippen molar-refractivity contribution in [3.05, 3.63) is 59.0 Å². The summed E-state index contributed by atoms with van der Waals surface area (Å²) in [5.41, 5.74) is 2.70. The number of aromatic nitrogens is 4. The van der Waals surface area contributed by atoms with Crippen molar-refractivity contribution in [3.8, 4) is 0 Å². The Morgan fingerprint density at radius 3 is 2.14 bits per heavy atom. The Morgan fingerprint density at radius 1 is 0.778 bits per heavy atom. The van der Waals surface area contributed by atoms with Gasteiger partial charge in [0.25, 0.3) is 11.8 Å². The van der Waals surface area contributed by atoms with Crippen LogP contribution in [-0.4, -0.2) is 169 Å². The second-order valence-electron chi connectivity index (χ2n) is 21.0. The minimum atomic E-state index is -0.977. The van der Waals surface area contributed by atoms with Gasteiger partial charge in [0, 0.05) is 102 Å². The SMILES string of the molecule is CCOC(=O)c1cnc(Nc2cnn(C)c2)nc1NC1CCC(N2CCN(C(=O)C3CCC(C(=O)N4CCC(CN5CCC(c6ccc7c(c6)C(=O)N(C6CCC(=O)NC6=O)C7=O)C5)CC4)CC3)CC2)CC1. The summed E-state index contributed by atoms with van der Waals surface area (Å²) in [6.07, 6.45) is 15.0. The Hall–Kier alpha value is -6.28.